The predicted molar refractivity (Wildman–Crippen MR) is 124 cm³/mol. The summed E-state index contributed by atoms with van der Waals surface area (Å²) in [4.78, 5) is 21.8. The second-order valence-electron chi connectivity index (χ2n) is 7.70. The van der Waals surface area contributed by atoms with E-state index in [-0.39, 0.29) is 17.7 Å². The number of sulfonamides is 1. The number of oxazole rings is 1. The summed E-state index contributed by atoms with van der Waals surface area (Å²) in [6, 6.07) is 10.5. The number of nitrogens with zero attached hydrogens (tertiary/aromatic N) is 4. The van der Waals surface area contributed by atoms with Crippen LogP contribution >= 0.6 is 0 Å². The minimum atomic E-state index is -3.65. The molecule has 0 atom stereocenters. The smallest absolute Gasteiger partial charge is 0.216 e. The van der Waals surface area contributed by atoms with Gasteiger partial charge in [-0.15, -0.1) is 0 Å². The monoisotopic (exact) mass is 461 g/mol. The van der Waals surface area contributed by atoms with Gasteiger partial charge in [0.2, 0.25) is 10.0 Å². The Morgan fingerprint density at radius 3 is 2.64 bits per heavy atom. The lowest BCUT2D eigenvalue weighted by molar-refractivity contribution is 0.555. The highest BCUT2D eigenvalue weighted by atomic mass is 32.2. The van der Waals surface area contributed by atoms with Crippen molar-refractivity contribution < 1.29 is 12.8 Å². The lowest BCUT2D eigenvalue weighted by Crippen LogP contribution is -2.24. The van der Waals surface area contributed by atoms with Crippen LogP contribution in [-0.4, -0.2) is 28.2 Å². The number of hydrogen-bond donors (Lipinski definition) is 1. The molecular formula is C23H19N5O4S. The molecule has 0 saturated carbocycles. The van der Waals surface area contributed by atoms with Crippen molar-refractivity contribution in [2.45, 2.75) is 12.3 Å². The fourth-order valence-electron chi connectivity index (χ4n) is 3.65. The first-order chi connectivity index (χ1) is 15.9. The van der Waals surface area contributed by atoms with Crippen molar-refractivity contribution in [1.82, 2.24) is 24.5 Å². The van der Waals surface area contributed by atoms with Crippen molar-refractivity contribution in [2.75, 3.05) is 0 Å². The van der Waals surface area contributed by atoms with Crippen molar-refractivity contribution in [3.63, 3.8) is 0 Å². The molecule has 0 saturated heterocycles. The van der Waals surface area contributed by atoms with E-state index in [0.717, 1.165) is 11.1 Å². The van der Waals surface area contributed by atoms with Gasteiger partial charge in [-0.1, -0.05) is 18.2 Å². The van der Waals surface area contributed by atoms with Gasteiger partial charge in [-0.2, -0.15) is 5.10 Å². The lowest BCUT2D eigenvalue weighted by Gasteiger charge is -2.06. The van der Waals surface area contributed by atoms with Gasteiger partial charge in [-0.05, 0) is 29.1 Å². The molecule has 9 nitrogen and oxygen atoms in total. The number of aromatic nitrogens is 4. The molecule has 3 heterocycles. The fraction of sp³-hybridized carbons (Fsp3) is 0.130. The number of rotatable bonds is 6. The summed E-state index contributed by atoms with van der Waals surface area (Å²) < 4.78 is 34.1. The minimum Gasteiger partial charge on any atom is -0.451 e. The largest absolute Gasteiger partial charge is 0.451 e. The summed E-state index contributed by atoms with van der Waals surface area (Å²) in [5.74, 6) is -0.268. The first-order valence-corrected chi connectivity index (χ1v) is 11.7. The number of aryl methyl sites for hydroxylation is 1. The van der Waals surface area contributed by atoms with Gasteiger partial charge >= 0.3 is 0 Å². The van der Waals surface area contributed by atoms with Gasteiger partial charge in [0.15, 0.2) is 11.8 Å². The highest BCUT2D eigenvalue weighted by Crippen LogP contribution is 2.22. The van der Waals surface area contributed by atoms with Gasteiger partial charge in [-0.3, -0.25) is 14.5 Å². The average Bonchev–Trinajstić information content (AvgIpc) is 3.45. The standard InChI is InChI=1S/C23H19N5O4S/c1-28-11-18(9-26-28)17-7-21-22(24-8-17)5-4-16-3-2-15(6-20(16)23(21)29)13-33(30,31)27-10-19-12-32-14-25-19/h2-9,11-12,14,27H,10,13H2,1H3. The van der Waals surface area contributed by atoms with Crippen LogP contribution in [0.2, 0.25) is 0 Å². The fourth-order valence-corrected chi connectivity index (χ4v) is 4.73. The molecule has 0 radical (unpaired) electrons. The summed E-state index contributed by atoms with van der Waals surface area (Å²) in [5.41, 5.74) is 2.97. The summed E-state index contributed by atoms with van der Waals surface area (Å²) in [5, 5.41) is 5.76. The SMILES string of the molecule is Cn1cc(-c2cnc3ccc4ccc(CS(=O)(=O)NCc5cocn5)cc4c(=O)c3c2)cn1. The molecule has 1 N–H and O–H groups in total. The number of pyridine rings is 1. The van der Waals surface area contributed by atoms with E-state index in [1.165, 1.54) is 12.7 Å². The van der Waals surface area contributed by atoms with Crippen molar-refractivity contribution in [1.29, 1.82) is 0 Å². The van der Waals surface area contributed by atoms with E-state index in [9.17, 15) is 13.2 Å². The normalized spacial score (nSPS) is 11.9. The molecular weight excluding hydrogens is 442 g/mol. The maximum absolute atomic E-state index is 13.4. The summed E-state index contributed by atoms with van der Waals surface area (Å²) in [6.45, 7) is 0.0294. The summed E-state index contributed by atoms with van der Waals surface area (Å²) in [7, 11) is -1.83. The van der Waals surface area contributed by atoms with E-state index in [2.05, 4.69) is 19.8 Å². The molecule has 0 aliphatic carbocycles. The van der Waals surface area contributed by atoms with Crippen LogP contribution in [0.25, 0.3) is 32.8 Å². The van der Waals surface area contributed by atoms with Crippen LogP contribution in [-0.2, 0) is 29.4 Å². The Balaban J connectivity index is 1.54. The van der Waals surface area contributed by atoms with E-state index >= 15 is 0 Å². The molecule has 166 valence electrons. The van der Waals surface area contributed by atoms with Crippen LogP contribution in [0.15, 0.2) is 76.9 Å². The molecule has 33 heavy (non-hydrogen) atoms. The van der Waals surface area contributed by atoms with Gasteiger partial charge in [0.25, 0.3) is 0 Å². The van der Waals surface area contributed by atoms with Crippen LogP contribution in [0.3, 0.4) is 0 Å². The Labute approximate surface area is 188 Å². The summed E-state index contributed by atoms with van der Waals surface area (Å²) in [6.07, 6.45) is 7.89. The molecule has 0 unspecified atom stereocenters. The van der Waals surface area contributed by atoms with Crippen LogP contribution < -0.4 is 10.2 Å². The van der Waals surface area contributed by atoms with Crippen molar-refractivity contribution >= 4 is 31.7 Å². The molecule has 0 aliphatic rings. The van der Waals surface area contributed by atoms with E-state index in [1.807, 2.05) is 19.3 Å². The third kappa shape index (κ3) is 4.38. The highest BCUT2D eigenvalue weighted by Gasteiger charge is 2.14. The third-order valence-electron chi connectivity index (χ3n) is 5.30. The van der Waals surface area contributed by atoms with E-state index in [4.69, 9.17) is 4.42 Å². The van der Waals surface area contributed by atoms with E-state index < -0.39 is 10.0 Å². The molecule has 0 fully saturated rings. The number of fused-ring (bicyclic) bond motifs is 2. The first-order valence-electron chi connectivity index (χ1n) is 10.1. The average molecular weight is 462 g/mol. The summed E-state index contributed by atoms with van der Waals surface area (Å²) >= 11 is 0. The Morgan fingerprint density at radius 2 is 1.88 bits per heavy atom. The van der Waals surface area contributed by atoms with E-state index in [0.29, 0.717) is 32.9 Å². The Bertz CT molecular complexity index is 1640. The van der Waals surface area contributed by atoms with Gasteiger partial charge in [0, 0.05) is 41.3 Å². The molecule has 10 heteroatoms. The molecule has 3 aromatic heterocycles. The molecule has 0 amide bonds. The van der Waals surface area contributed by atoms with Crippen molar-refractivity contribution in [2.24, 2.45) is 7.05 Å². The Kier molecular flexibility index (Phi) is 5.23. The molecule has 5 rings (SSSR count). The van der Waals surface area contributed by atoms with Crippen LogP contribution in [0.4, 0.5) is 0 Å². The number of benzene rings is 1. The Morgan fingerprint density at radius 1 is 1.03 bits per heavy atom. The number of hydrogen-bond acceptors (Lipinski definition) is 7. The van der Waals surface area contributed by atoms with Crippen molar-refractivity contribution in [3.05, 3.63) is 89.1 Å². The predicted octanol–water partition coefficient (Wildman–Crippen LogP) is 2.76. The molecule has 2 aromatic carbocycles. The van der Waals surface area contributed by atoms with Crippen molar-refractivity contribution in [3.8, 4) is 11.1 Å². The zero-order chi connectivity index (χ0) is 23.0. The zero-order valence-electron chi connectivity index (χ0n) is 17.6. The van der Waals surface area contributed by atoms with Crippen LogP contribution in [0.1, 0.15) is 11.3 Å². The molecule has 0 bridgehead atoms. The van der Waals surface area contributed by atoms with Gasteiger partial charge in [0.1, 0.15) is 6.26 Å². The van der Waals surface area contributed by atoms with E-state index in [1.54, 1.807) is 47.4 Å². The Hall–Kier alpha value is -3.89. The first kappa shape index (κ1) is 21.0. The second-order valence-corrected chi connectivity index (χ2v) is 9.51. The van der Waals surface area contributed by atoms with Gasteiger partial charge < -0.3 is 4.42 Å². The second kappa shape index (κ2) is 8.23. The lowest BCUT2D eigenvalue weighted by atomic mass is 10.1. The maximum Gasteiger partial charge on any atom is 0.216 e. The number of nitrogens with one attached hydrogen (secondary N) is 1. The third-order valence-corrected chi connectivity index (χ3v) is 6.60. The maximum atomic E-state index is 13.4. The van der Waals surface area contributed by atoms with Gasteiger partial charge in [-0.25, -0.2) is 18.1 Å². The molecule has 5 aromatic rings. The highest BCUT2D eigenvalue weighted by molar-refractivity contribution is 7.88. The zero-order valence-corrected chi connectivity index (χ0v) is 18.4. The van der Waals surface area contributed by atoms with Crippen LogP contribution in [0, 0.1) is 0 Å². The molecule has 0 spiro atoms. The molecule has 0 aliphatic heterocycles. The minimum absolute atomic E-state index is 0.0294. The van der Waals surface area contributed by atoms with Gasteiger partial charge in [0.05, 0.1) is 29.7 Å². The van der Waals surface area contributed by atoms with Crippen LogP contribution in [0.5, 0.6) is 0 Å². The quantitative estimate of drug-likeness (QED) is 0.413. The topological polar surface area (TPSA) is 120 Å².